The van der Waals surface area contributed by atoms with Crippen LogP contribution < -0.4 is 14.8 Å². The van der Waals surface area contributed by atoms with Crippen molar-refractivity contribution in [2.45, 2.75) is 19.9 Å². The topological polar surface area (TPSA) is 119 Å². The van der Waals surface area contributed by atoms with Crippen LogP contribution in [-0.4, -0.2) is 56.7 Å². The second kappa shape index (κ2) is 9.18. The lowest BCUT2D eigenvalue weighted by atomic mass is 10.1. The monoisotopic (exact) mass is 481 g/mol. The molecule has 0 fully saturated rings. The number of sulfone groups is 1. The molecule has 1 N–H and O–H groups in total. The van der Waals surface area contributed by atoms with Gasteiger partial charge in [0.15, 0.2) is 11.5 Å². The van der Waals surface area contributed by atoms with E-state index in [-0.39, 0.29) is 29.4 Å². The summed E-state index contributed by atoms with van der Waals surface area (Å²) in [6.45, 7) is 2.88. The minimum Gasteiger partial charge on any atom is -0.493 e. The average Bonchev–Trinajstić information content (AvgIpc) is 2.99. The zero-order valence-electron chi connectivity index (χ0n) is 21.0. The van der Waals surface area contributed by atoms with Gasteiger partial charge in [0.2, 0.25) is 5.91 Å². The van der Waals surface area contributed by atoms with Gasteiger partial charge in [0.25, 0.3) is 11.8 Å². The molecule has 0 bridgehead atoms. The summed E-state index contributed by atoms with van der Waals surface area (Å²) in [5, 5.41) is 2.37. The molecule has 33 heavy (non-hydrogen) atoms. The van der Waals surface area contributed by atoms with Crippen molar-refractivity contribution in [3.8, 4) is 11.5 Å². The number of carbonyl (C=O) groups is 3. The molecule has 1 aliphatic heterocycles. The average molecular weight is 482 g/mol. The zero-order valence-corrected chi connectivity index (χ0v) is 18.8. The van der Waals surface area contributed by atoms with E-state index in [2.05, 4.69) is 5.32 Å². The Bertz CT molecular complexity index is 1350. The number of amides is 3. The van der Waals surface area contributed by atoms with Crippen molar-refractivity contribution >= 4 is 33.2 Å². The number of anilines is 1. The maximum atomic E-state index is 14.7. The van der Waals surface area contributed by atoms with Crippen LogP contribution in [0.2, 0.25) is 0 Å². The number of hydrogen-bond acceptors (Lipinski definition) is 7. The van der Waals surface area contributed by atoms with Gasteiger partial charge < -0.3 is 14.8 Å². The van der Waals surface area contributed by atoms with E-state index in [1.54, 1.807) is 6.92 Å². The van der Waals surface area contributed by atoms with Gasteiger partial charge in [-0.2, -0.15) is 0 Å². The summed E-state index contributed by atoms with van der Waals surface area (Å²) in [4.78, 5) is 38.8. The molecule has 9 nitrogen and oxygen atoms in total. The van der Waals surface area contributed by atoms with Gasteiger partial charge in [0, 0.05) is 13.2 Å². The largest absolute Gasteiger partial charge is 0.493 e. The number of carbonyl (C=O) groups excluding carboxylic acids is 3. The maximum Gasteiger partial charge on any atom is 0.265 e. The summed E-state index contributed by atoms with van der Waals surface area (Å²) in [5.41, 5.74) is -1.01. The Morgan fingerprint density at radius 3 is 2.48 bits per heavy atom. The molecule has 2 aromatic carbocycles. The standard InChI is InChI=1S/C22H23FN2O7S/c1-5-32-18-10-13(6-9-17(18)31-3)16(11-33(4,29)30)25-21(27)19-14(23)7-8-15(24-12(2)26)20(19)22(25)28/h6-10,16H,5,11H2,1-4H3,(H,24,26)/t16-/m1/s1/i3D3. The second-order valence-corrected chi connectivity index (χ2v) is 9.54. The van der Waals surface area contributed by atoms with E-state index < -0.39 is 63.3 Å². The fourth-order valence-electron chi connectivity index (χ4n) is 3.61. The predicted octanol–water partition coefficient (Wildman–Crippen LogP) is 2.57. The van der Waals surface area contributed by atoms with Crippen LogP contribution in [0, 0.1) is 5.82 Å². The van der Waals surface area contributed by atoms with Crippen LogP contribution in [0.15, 0.2) is 30.3 Å². The van der Waals surface area contributed by atoms with Gasteiger partial charge in [-0.3, -0.25) is 19.3 Å². The molecule has 0 aliphatic carbocycles. The molecule has 0 radical (unpaired) electrons. The fraction of sp³-hybridized carbons (Fsp3) is 0.318. The molecule has 0 saturated carbocycles. The minimum absolute atomic E-state index is 0.0636. The molecule has 1 atom stereocenters. The van der Waals surface area contributed by atoms with Crippen molar-refractivity contribution in [3.63, 3.8) is 0 Å². The first-order valence-corrected chi connectivity index (χ1v) is 11.8. The molecule has 0 saturated heterocycles. The summed E-state index contributed by atoms with van der Waals surface area (Å²) in [6.07, 6.45) is 0.900. The van der Waals surface area contributed by atoms with Crippen molar-refractivity contribution in [3.05, 3.63) is 52.8 Å². The molecule has 3 amide bonds. The van der Waals surface area contributed by atoms with E-state index in [4.69, 9.17) is 13.6 Å². The fourth-order valence-corrected chi connectivity index (χ4v) is 4.52. The summed E-state index contributed by atoms with van der Waals surface area (Å²) < 4.78 is 71.6. The molecule has 2 aromatic rings. The summed E-state index contributed by atoms with van der Waals surface area (Å²) >= 11 is 0. The Kier molecular flexibility index (Phi) is 5.61. The molecular formula is C22H23FN2O7S. The van der Waals surface area contributed by atoms with Gasteiger partial charge in [0.1, 0.15) is 15.7 Å². The Hall–Kier alpha value is -3.47. The van der Waals surface area contributed by atoms with Crippen molar-refractivity contribution in [1.29, 1.82) is 0 Å². The number of ether oxygens (including phenoxy) is 2. The number of fused-ring (bicyclic) bond motifs is 1. The highest BCUT2D eigenvalue weighted by Gasteiger charge is 2.45. The Balaban J connectivity index is 2.16. The zero-order chi connectivity index (χ0) is 27.0. The van der Waals surface area contributed by atoms with Crippen LogP contribution in [0.1, 0.15) is 50.3 Å². The number of hydrogen-bond donors (Lipinski definition) is 1. The van der Waals surface area contributed by atoms with Crippen LogP contribution in [0.3, 0.4) is 0 Å². The Morgan fingerprint density at radius 1 is 1.18 bits per heavy atom. The van der Waals surface area contributed by atoms with Crippen LogP contribution >= 0.6 is 0 Å². The minimum atomic E-state index is -3.82. The van der Waals surface area contributed by atoms with E-state index in [0.717, 1.165) is 18.4 Å². The second-order valence-electron chi connectivity index (χ2n) is 7.36. The number of methoxy groups -OCH3 is 1. The van der Waals surface area contributed by atoms with E-state index in [9.17, 15) is 27.2 Å². The van der Waals surface area contributed by atoms with Gasteiger partial charge >= 0.3 is 0 Å². The van der Waals surface area contributed by atoms with Crippen LogP contribution in [-0.2, 0) is 14.6 Å². The molecule has 0 aromatic heterocycles. The number of benzene rings is 2. The quantitative estimate of drug-likeness (QED) is 0.576. The number of nitrogens with one attached hydrogen (secondary N) is 1. The molecule has 1 heterocycles. The highest BCUT2D eigenvalue weighted by molar-refractivity contribution is 7.90. The van der Waals surface area contributed by atoms with Gasteiger partial charge in [0.05, 0.1) is 46.4 Å². The van der Waals surface area contributed by atoms with Gasteiger partial charge in [-0.1, -0.05) is 6.07 Å². The highest BCUT2D eigenvalue weighted by atomic mass is 32.2. The van der Waals surface area contributed by atoms with Crippen molar-refractivity contribution < 1.29 is 40.8 Å². The third kappa shape index (κ3) is 4.82. The molecule has 176 valence electrons. The highest BCUT2D eigenvalue weighted by Crippen LogP contribution is 2.39. The molecule has 0 unspecified atom stereocenters. The van der Waals surface area contributed by atoms with Crippen LogP contribution in [0.25, 0.3) is 0 Å². The first kappa shape index (κ1) is 20.2. The van der Waals surface area contributed by atoms with Gasteiger partial charge in [-0.05, 0) is 36.8 Å². The Morgan fingerprint density at radius 2 is 1.88 bits per heavy atom. The molecular weight excluding hydrogens is 455 g/mol. The first-order valence-electron chi connectivity index (χ1n) is 11.2. The maximum absolute atomic E-state index is 14.7. The molecule has 3 rings (SSSR count). The van der Waals surface area contributed by atoms with E-state index in [1.165, 1.54) is 25.1 Å². The Labute approximate surface area is 194 Å². The van der Waals surface area contributed by atoms with Crippen LogP contribution in [0.5, 0.6) is 11.5 Å². The van der Waals surface area contributed by atoms with Gasteiger partial charge in [-0.15, -0.1) is 0 Å². The SMILES string of the molecule is [2H]C([2H])([2H])Oc1ccc([C@@H](CS(C)(=O)=O)N2C(=O)c3c(F)ccc(NC(C)=O)c3C2=O)cc1OCC. The first-order chi connectivity index (χ1) is 16.6. The lowest BCUT2D eigenvalue weighted by Crippen LogP contribution is -2.38. The smallest absolute Gasteiger partial charge is 0.265 e. The number of rotatable bonds is 8. The predicted molar refractivity (Wildman–Crippen MR) is 118 cm³/mol. The molecule has 0 spiro atoms. The normalized spacial score (nSPS) is 15.9. The van der Waals surface area contributed by atoms with Gasteiger partial charge in [-0.25, -0.2) is 12.8 Å². The number of halogens is 1. The summed E-state index contributed by atoms with van der Waals surface area (Å²) in [6, 6.07) is 4.37. The third-order valence-electron chi connectivity index (χ3n) is 4.87. The number of nitrogens with zero attached hydrogens (tertiary/aromatic N) is 1. The van der Waals surface area contributed by atoms with Crippen molar-refractivity contribution in [2.75, 3.05) is 31.0 Å². The van der Waals surface area contributed by atoms with E-state index >= 15 is 0 Å². The summed E-state index contributed by atoms with van der Waals surface area (Å²) in [7, 11) is -6.62. The number of imide groups is 1. The lowest BCUT2D eigenvalue weighted by Gasteiger charge is -2.27. The van der Waals surface area contributed by atoms with Crippen molar-refractivity contribution in [2.24, 2.45) is 0 Å². The van der Waals surface area contributed by atoms with E-state index in [1.807, 2.05) is 0 Å². The van der Waals surface area contributed by atoms with Crippen LogP contribution in [0.4, 0.5) is 10.1 Å². The molecule has 1 aliphatic rings. The third-order valence-corrected chi connectivity index (χ3v) is 5.79. The van der Waals surface area contributed by atoms with Crippen molar-refractivity contribution in [1.82, 2.24) is 4.90 Å². The molecule has 11 heteroatoms. The summed E-state index contributed by atoms with van der Waals surface area (Å²) in [5.74, 6) is -4.63. The van der Waals surface area contributed by atoms with E-state index in [0.29, 0.717) is 4.90 Å². The lowest BCUT2D eigenvalue weighted by molar-refractivity contribution is -0.114.